The zero-order chi connectivity index (χ0) is 28.0. The predicted molar refractivity (Wildman–Crippen MR) is 152 cm³/mol. The maximum Gasteiger partial charge on any atom is 0.243 e. The first-order chi connectivity index (χ1) is 18.6. The molecule has 0 unspecified atom stereocenters. The summed E-state index contributed by atoms with van der Waals surface area (Å²) in [6.07, 6.45) is 2.19. The molecular weight excluding hydrogens is 581 g/mol. The van der Waals surface area contributed by atoms with Crippen molar-refractivity contribution in [3.8, 4) is 0 Å². The molecule has 1 saturated heterocycles. The Bertz CT molecular complexity index is 1510. The molecule has 3 aromatic rings. The number of carbonyl (C=O) groups is 1. The minimum Gasteiger partial charge on any atom is -0.355 e. The van der Waals surface area contributed by atoms with E-state index in [2.05, 4.69) is 5.32 Å². The second kappa shape index (κ2) is 12.8. The van der Waals surface area contributed by atoms with Gasteiger partial charge in [0.25, 0.3) is 0 Å². The smallest absolute Gasteiger partial charge is 0.243 e. The van der Waals surface area contributed by atoms with Crippen LogP contribution in [0.2, 0.25) is 10.0 Å². The normalized spacial score (nSPS) is 14.5. The average Bonchev–Trinajstić information content (AvgIpc) is 3.47. The third kappa shape index (κ3) is 7.39. The van der Waals surface area contributed by atoms with Crippen LogP contribution in [-0.4, -0.2) is 57.5 Å². The van der Waals surface area contributed by atoms with Gasteiger partial charge in [0.1, 0.15) is 0 Å². The lowest BCUT2D eigenvalue weighted by Gasteiger charge is -2.22. The van der Waals surface area contributed by atoms with Crippen LogP contribution < -0.4 is 5.32 Å². The summed E-state index contributed by atoms with van der Waals surface area (Å²) in [5.41, 5.74) is 1.36. The third-order valence-electron chi connectivity index (χ3n) is 6.42. The van der Waals surface area contributed by atoms with E-state index >= 15 is 0 Å². The summed E-state index contributed by atoms with van der Waals surface area (Å²) in [4.78, 5) is 13.1. The lowest BCUT2D eigenvalue weighted by Crippen LogP contribution is -2.40. The molecule has 0 saturated carbocycles. The summed E-state index contributed by atoms with van der Waals surface area (Å²) in [7, 11) is -7.49. The standard InChI is InChI=1S/C27H29Cl2N3O5S2/c28-23-11-10-22(26(29)18-23)19-32(39(36,37)24-6-2-1-3-7-24)20-27(33)30-15-14-21-8-12-25(13-9-21)38(34,35)31-16-4-5-17-31/h1-3,6-13,18H,4-5,14-17,19-20H2,(H,30,33). The van der Waals surface area contributed by atoms with Crippen molar-refractivity contribution in [1.82, 2.24) is 13.9 Å². The summed E-state index contributed by atoms with van der Waals surface area (Å²) in [6.45, 7) is 0.795. The number of carbonyl (C=O) groups excluding carboxylic acids is 1. The number of nitrogens with one attached hydrogen (secondary N) is 1. The fourth-order valence-electron chi connectivity index (χ4n) is 4.28. The first-order valence-corrected chi connectivity index (χ1v) is 16.1. The highest BCUT2D eigenvalue weighted by Gasteiger charge is 2.28. The van der Waals surface area contributed by atoms with Gasteiger partial charge in [-0.2, -0.15) is 8.61 Å². The highest BCUT2D eigenvalue weighted by Crippen LogP contribution is 2.25. The summed E-state index contributed by atoms with van der Waals surface area (Å²) in [5, 5.41) is 3.47. The van der Waals surface area contributed by atoms with Crippen LogP contribution in [0.1, 0.15) is 24.0 Å². The van der Waals surface area contributed by atoms with E-state index in [1.165, 1.54) is 22.5 Å². The van der Waals surface area contributed by atoms with Crippen LogP contribution in [0.4, 0.5) is 0 Å². The number of hydrogen-bond acceptors (Lipinski definition) is 5. The van der Waals surface area contributed by atoms with Gasteiger partial charge in [-0.25, -0.2) is 16.8 Å². The van der Waals surface area contributed by atoms with Crippen LogP contribution >= 0.6 is 23.2 Å². The van der Waals surface area contributed by atoms with Gasteiger partial charge in [-0.1, -0.05) is 59.6 Å². The SMILES string of the molecule is O=C(CN(Cc1ccc(Cl)cc1Cl)S(=O)(=O)c1ccccc1)NCCc1ccc(S(=O)(=O)N2CCCC2)cc1. The molecule has 1 aliphatic heterocycles. The highest BCUT2D eigenvalue weighted by molar-refractivity contribution is 7.89. The first kappa shape index (κ1) is 29.5. The third-order valence-corrected chi connectivity index (χ3v) is 10.7. The molecule has 8 nitrogen and oxygen atoms in total. The fourth-order valence-corrected chi connectivity index (χ4v) is 7.66. The molecule has 0 atom stereocenters. The molecule has 1 amide bonds. The van der Waals surface area contributed by atoms with Crippen LogP contribution in [0.15, 0.2) is 82.6 Å². The zero-order valence-electron chi connectivity index (χ0n) is 21.1. The fraction of sp³-hybridized carbons (Fsp3) is 0.296. The Balaban J connectivity index is 1.40. The molecule has 1 aliphatic rings. The van der Waals surface area contributed by atoms with Crippen molar-refractivity contribution in [1.29, 1.82) is 0 Å². The number of hydrogen-bond donors (Lipinski definition) is 1. The van der Waals surface area contributed by atoms with E-state index in [4.69, 9.17) is 23.2 Å². The van der Waals surface area contributed by atoms with E-state index in [1.54, 1.807) is 54.6 Å². The highest BCUT2D eigenvalue weighted by atomic mass is 35.5. The maximum atomic E-state index is 13.4. The van der Waals surface area contributed by atoms with Gasteiger partial charge in [-0.3, -0.25) is 4.79 Å². The van der Waals surface area contributed by atoms with Crippen molar-refractivity contribution in [2.24, 2.45) is 0 Å². The minimum atomic E-state index is -4.00. The lowest BCUT2D eigenvalue weighted by atomic mass is 10.1. The summed E-state index contributed by atoms with van der Waals surface area (Å²) in [5.74, 6) is -0.479. The molecule has 0 aromatic heterocycles. The van der Waals surface area contributed by atoms with Crippen molar-refractivity contribution in [3.05, 3.63) is 94.0 Å². The van der Waals surface area contributed by atoms with Gasteiger partial charge in [0.15, 0.2) is 0 Å². The van der Waals surface area contributed by atoms with Crippen molar-refractivity contribution in [2.75, 3.05) is 26.2 Å². The van der Waals surface area contributed by atoms with Crippen LogP contribution in [0.25, 0.3) is 0 Å². The van der Waals surface area contributed by atoms with E-state index in [9.17, 15) is 21.6 Å². The Morgan fingerprint density at radius 1 is 0.872 bits per heavy atom. The van der Waals surface area contributed by atoms with Gasteiger partial charge >= 0.3 is 0 Å². The zero-order valence-corrected chi connectivity index (χ0v) is 24.2. The molecular formula is C27H29Cl2N3O5S2. The Kier molecular flexibility index (Phi) is 9.69. The maximum absolute atomic E-state index is 13.4. The molecule has 1 fully saturated rings. The molecule has 0 bridgehead atoms. The number of amides is 1. The molecule has 1 N–H and O–H groups in total. The molecule has 12 heteroatoms. The van der Waals surface area contributed by atoms with Gasteiger partial charge in [0, 0.05) is 36.2 Å². The summed E-state index contributed by atoms with van der Waals surface area (Å²) < 4.78 is 54.7. The molecule has 4 rings (SSSR count). The molecule has 1 heterocycles. The quantitative estimate of drug-likeness (QED) is 0.348. The van der Waals surface area contributed by atoms with Gasteiger partial charge in [0.2, 0.25) is 26.0 Å². The summed E-state index contributed by atoms with van der Waals surface area (Å²) >= 11 is 12.3. The molecule has 208 valence electrons. The first-order valence-electron chi connectivity index (χ1n) is 12.4. The molecule has 39 heavy (non-hydrogen) atoms. The number of benzene rings is 3. The van der Waals surface area contributed by atoms with E-state index in [1.807, 2.05) is 0 Å². The minimum absolute atomic E-state index is 0.0619. The van der Waals surface area contributed by atoms with Gasteiger partial charge in [0.05, 0.1) is 16.3 Å². The largest absolute Gasteiger partial charge is 0.355 e. The number of halogens is 2. The van der Waals surface area contributed by atoms with Gasteiger partial charge < -0.3 is 5.32 Å². The second-order valence-corrected chi connectivity index (χ2v) is 13.9. The van der Waals surface area contributed by atoms with Crippen LogP contribution in [0, 0.1) is 0 Å². The number of nitrogens with zero attached hydrogens (tertiary/aromatic N) is 2. The molecule has 0 spiro atoms. The topological polar surface area (TPSA) is 104 Å². The van der Waals surface area contributed by atoms with E-state index in [-0.39, 0.29) is 22.9 Å². The van der Waals surface area contributed by atoms with Crippen LogP contribution in [0.5, 0.6) is 0 Å². The van der Waals surface area contributed by atoms with Crippen LogP contribution in [-0.2, 0) is 37.8 Å². The number of sulfonamides is 2. The Labute approximate surface area is 239 Å². The van der Waals surface area contributed by atoms with Gasteiger partial charge in [-0.15, -0.1) is 0 Å². The average molecular weight is 611 g/mol. The molecule has 0 radical (unpaired) electrons. The second-order valence-electron chi connectivity index (χ2n) is 9.18. The summed E-state index contributed by atoms with van der Waals surface area (Å²) in [6, 6.07) is 19.2. The van der Waals surface area contributed by atoms with Crippen molar-refractivity contribution < 1.29 is 21.6 Å². The van der Waals surface area contributed by atoms with E-state index < -0.39 is 32.5 Å². The lowest BCUT2D eigenvalue weighted by molar-refractivity contribution is -0.121. The van der Waals surface area contributed by atoms with Crippen molar-refractivity contribution >= 4 is 49.2 Å². The Hall–Kier alpha value is -2.47. The Morgan fingerprint density at radius 2 is 1.54 bits per heavy atom. The number of rotatable bonds is 11. The van der Waals surface area contributed by atoms with E-state index in [0.29, 0.717) is 35.1 Å². The van der Waals surface area contributed by atoms with Gasteiger partial charge in [-0.05, 0) is 66.8 Å². The van der Waals surface area contributed by atoms with E-state index in [0.717, 1.165) is 22.7 Å². The Morgan fingerprint density at radius 3 is 2.18 bits per heavy atom. The van der Waals surface area contributed by atoms with Crippen molar-refractivity contribution in [2.45, 2.75) is 35.6 Å². The molecule has 0 aliphatic carbocycles. The van der Waals surface area contributed by atoms with Crippen LogP contribution in [0.3, 0.4) is 0 Å². The molecule has 3 aromatic carbocycles. The predicted octanol–water partition coefficient (Wildman–Crippen LogP) is 4.33. The monoisotopic (exact) mass is 609 g/mol. The van der Waals surface area contributed by atoms with Crippen molar-refractivity contribution in [3.63, 3.8) is 0 Å².